The summed E-state index contributed by atoms with van der Waals surface area (Å²) < 4.78 is 0. The molecule has 1 aliphatic rings. The predicted molar refractivity (Wildman–Crippen MR) is 122 cm³/mol. The molecule has 1 heterocycles. The minimum Gasteiger partial charge on any atom is -0.465 e. The van der Waals surface area contributed by atoms with E-state index < -0.39 is 6.09 Å². The van der Waals surface area contributed by atoms with E-state index in [0.717, 1.165) is 27.9 Å². The number of carbonyl (C=O) groups excluding carboxylic acids is 1. The maximum absolute atomic E-state index is 12.3. The highest BCUT2D eigenvalue weighted by molar-refractivity contribution is 5.94. The molecular weight excluding hydrogens is 402 g/mol. The first-order chi connectivity index (χ1) is 13.7. The monoisotopic (exact) mass is 431 g/mol. The van der Waals surface area contributed by atoms with Crippen LogP contribution in [-0.4, -0.2) is 34.1 Å². The van der Waals surface area contributed by atoms with Crippen molar-refractivity contribution < 1.29 is 14.7 Å². The Hall–Kier alpha value is -2.57. The first kappa shape index (κ1) is 23.7. The molecule has 30 heavy (non-hydrogen) atoms. The number of carboxylic acid groups (broad SMARTS) is 1. The summed E-state index contributed by atoms with van der Waals surface area (Å²) in [5, 5.41) is 9.86. The quantitative estimate of drug-likeness (QED) is 0.727. The van der Waals surface area contributed by atoms with Crippen LogP contribution in [0.2, 0.25) is 0 Å². The first-order valence-corrected chi connectivity index (χ1v) is 9.99. The molecule has 0 saturated heterocycles. The third-order valence-corrected chi connectivity index (χ3v) is 5.63. The Bertz CT molecular complexity index is 914. The van der Waals surface area contributed by atoms with Crippen LogP contribution in [0.3, 0.4) is 0 Å². The van der Waals surface area contributed by atoms with E-state index in [9.17, 15) is 14.7 Å². The molecule has 0 radical (unpaired) electrons. The highest BCUT2D eigenvalue weighted by Gasteiger charge is 2.38. The highest BCUT2D eigenvalue weighted by atomic mass is 35.5. The van der Waals surface area contributed by atoms with Crippen LogP contribution in [0.4, 0.5) is 10.5 Å². The molecule has 6 nitrogen and oxygen atoms in total. The molecule has 0 aliphatic carbocycles. The highest BCUT2D eigenvalue weighted by Crippen LogP contribution is 2.43. The minimum atomic E-state index is -0.947. The lowest BCUT2D eigenvalue weighted by Gasteiger charge is -2.43. The van der Waals surface area contributed by atoms with Gasteiger partial charge in [-0.15, -0.1) is 12.4 Å². The van der Waals surface area contributed by atoms with Crippen molar-refractivity contribution >= 4 is 30.1 Å². The molecule has 2 aromatic carbocycles. The average molecular weight is 432 g/mol. The molecule has 2 amide bonds. The number of hydrogen-bond donors (Lipinski definition) is 2. The predicted octanol–water partition coefficient (Wildman–Crippen LogP) is 4.81. The first-order valence-electron chi connectivity index (χ1n) is 9.99. The topological polar surface area (TPSA) is 86.9 Å². The molecule has 2 atom stereocenters. The van der Waals surface area contributed by atoms with Crippen molar-refractivity contribution in [1.82, 2.24) is 4.90 Å². The molecule has 7 heteroatoms. The molecule has 0 spiro atoms. The van der Waals surface area contributed by atoms with Crippen molar-refractivity contribution in [3.63, 3.8) is 0 Å². The third kappa shape index (κ3) is 4.45. The van der Waals surface area contributed by atoms with Gasteiger partial charge < -0.3 is 15.7 Å². The summed E-state index contributed by atoms with van der Waals surface area (Å²) in [4.78, 5) is 27.6. The molecule has 1 aliphatic heterocycles. The van der Waals surface area contributed by atoms with E-state index in [1.807, 2.05) is 63.2 Å². The van der Waals surface area contributed by atoms with Gasteiger partial charge in [-0.2, -0.15) is 0 Å². The van der Waals surface area contributed by atoms with Crippen LogP contribution in [-0.2, 0) is 11.3 Å². The van der Waals surface area contributed by atoms with Crippen LogP contribution in [0.15, 0.2) is 42.5 Å². The summed E-state index contributed by atoms with van der Waals surface area (Å²) in [5.41, 5.74) is 10.4. The van der Waals surface area contributed by atoms with E-state index in [2.05, 4.69) is 0 Å². The smallest absolute Gasteiger partial charge is 0.408 e. The van der Waals surface area contributed by atoms with Crippen molar-refractivity contribution in [1.29, 1.82) is 0 Å². The number of benzene rings is 2. The van der Waals surface area contributed by atoms with Gasteiger partial charge in [-0.1, -0.05) is 30.3 Å². The van der Waals surface area contributed by atoms with E-state index in [1.165, 1.54) is 4.90 Å². The standard InChI is InChI=1S/C23H29N3O3.ClH/c1-14(2)25(23(28)29)22-11-15(3)26(16(4)27)21-10-9-19(12-20(21)22)18-7-5-17(13-24)6-8-18;/h5-10,12,14-15,22H,11,13,24H2,1-4H3,(H,28,29);1H/t15-,22+;/m0./s1. The fourth-order valence-electron chi connectivity index (χ4n) is 4.30. The minimum absolute atomic E-state index is 0. The summed E-state index contributed by atoms with van der Waals surface area (Å²) >= 11 is 0. The number of carbonyl (C=O) groups is 2. The summed E-state index contributed by atoms with van der Waals surface area (Å²) in [6, 6.07) is 13.4. The number of halogens is 1. The summed E-state index contributed by atoms with van der Waals surface area (Å²) in [6.45, 7) is 7.77. The zero-order valence-electron chi connectivity index (χ0n) is 17.8. The van der Waals surface area contributed by atoms with Crippen LogP contribution < -0.4 is 10.6 Å². The van der Waals surface area contributed by atoms with Crippen LogP contribution >= 0.6 is 12.4 Å². The van der Waals surface area contributed by atoms with Crippen LogP contribution in [0.5, 0.6) is 0 Å². The zero-order chi connectivity index (χ0) is 21.3. The Kier molecular flexibility index (Phi) is 7.50. The molecule has 3 rings (SSSR count). The van der Waals surface area contributed by atoms with Gasteiger partial charge in [0.2, 0.25) is 5.91 Å². The Morgan fingerprint density at radius 3 is 2.27 bits per heavy atom. The fraction of sp³-hybridized carbons (Fsp3) is 0.391. The van der Waals surface area contributed by atoms with Gasteiger partial charge >= 0.3 is 6.09 Å². The number of fused-ring (bicyclic) bond motifs is 1. The van der Waals surface area contributed by atoms with Crippen LogP contribution in [0, 0.1) is 0 Å². The van der Waals surface area contributed by atoms with Gasteiger partial charge in [-0.25, -0.2) is 4.79 Å². The molecular formula is C23H30ClN3O3. The summed E-state index contributed by atoms with van der Waals surface area (Å²) in [5.74, 6) is -0.0383. The number of anilines is 1. The average Bonchev–Trinajstić information content (AvgIpc) is 2.67. The molecule has 0 aromatic heterocycles. The SMILES string of the molecule is CC(=O)N1c2ccc(-c3ccc(CN)cc3)cc2[C@H](N(C(=O)O)C(C)C)C[C@@H]1C.Cl. The molecule has 0 unspecified atom stereocenters. The van der Waals surface area contributed by atoms with Crippen molar-refractivity contribution in [3.05, 3.63) is 53.6 Å². The largest absolute Gasteiger partial charge is 0.465 e. The van der Waals surface area contributed by atoms with Gasteiger partial charge in [0, 0.05) is 31.2 Å². The second kappa shape index (κ2) is 9.49. The van der Waals surface area contributed by atoms with Gasteiger partial charge in [0.25, 0.3) is 0 Å². The van der Waals surface area contributed by atoms with Gasteiger partial charge in [0.1, 0.15) is 0 Å². The number of rotatable bonds is 4. The van der Waals surface area contributed by atoms with Crippen molar-refractivity contribution in [2.75, 3.05) is 4.90 Å². The summed E-state index contributed by atoms with van der Waals surface area (Å²) in [6.07, 6.45) is -0.385. The van der Waals surface area contributed by atoms with Crippen molar-refractivity contribution in [2.24, 2.45) is 5.73 Å². The Morgan fingerprint density at radius 2 is 1.77 bits per heavy atom. The fourth-order valence-corrected chi connectivity index (χ4v) is 4.30. The third-order valence-electron chi connectivity index (χ3n) is 5.63. The molecule has 3 N–H and O–H groups in total. The molecule has 162 valence electrons. The van der Waals surface area contributed by atoms with Crippen LogP contribution in [0.25, 0.3) is 11.1 Å². The Morgan fingerprint density at radius 1 is 1.17 bits per heavy atom. The molecule has 2 aromatic rings. The van der Waals surface area contributed by atoms with Crippen LogP contribution in [0.1, 0.15) is 51.3 Å². The van der Waals surface area contributed by atoms with Gasteiger partial charge in [0.15, 0.2) is 0 Å². The maximum Gasteiger partial charge on any atom is 0.408 e. The Labute approximate surface area is 184 Å². The lowest BCUT2D eigenvalue weighted by molar-refractivity contribution is -0.117. The number of nitrogens with two attached hydrogens (primary N) is 1. The Balaban J connectivity index is 0.00000320. The second-order valence-corrected chi connectivity index (χ2v) is 7.95. The lowest BCUT2D eigenvalue weighted by atomic mass is 9.87. The van der Waals surface area contributed by atoms with Gasteiger partial charge in [-0.05, 0) is 61.6 Å². The van der Waals surface area contributed by atoms with E-state index in [-0.39, 0.29) is 36.4 Å². The number of nitrogens with zero attached hydrogens (tertiary/aromatic N) is 2. The number of hydrogen-bond acceptors (Lipinski definition) is 3. The van der Waals surface area contributed by atoms with E-state index in [0.29, 0.717) is 13.0 Å². The number of amides is 2. The molecule has 0 bridgehead atoms. The van der Waals surface area contributed by atoms with E-state index in [1.54, 1.807) is 11.8 Å². The van der Waals surface area contributed by atoms with E-state index >= 15 is 0 Å². The molecule has 0 fully saturated rings. The normalized spacial score (nSPS) is 17.9. The zero-order valence-corrected chi connectivity index (χ0v) is 18.6. The van der Waals surface area contributed by atoms with Crippen molar-refractivity contribution in [2.45, 2.75) is 58.8 Å². The van der Waals surface area contributed by atoms with Gasteiger partial charge in [0.05, 0.1) is 6.04 Å². The van der Waals surface area contributed by atoms with Crippen molar-refractivity contribution in [3.8, 4) is 11.1 Å². The van der Waals surface area contributed by atoms with Gasteiger partial charge in [-0.3, -0.25) is 9.69 Å². The molecule has 0 saturated carbocycles. The summed E-state index contributed by atoms with van der Waals surface area (Å²) in [7, 11) is 0. The lowest BCUT2D eigenvalue weighted by Crippen LogP contribution is -2.48. The second-order valence-electron chi connectivity index (χ2n) is 7.95. The maximum atomic E-state index is 12.3. The van der Waals surface area contributed by atoms with E-state index in [4.69, 9.17) is 5.73 Å².